The quantitative estimate of drug-likeness (QED) is 0.754. The van der Waals surface area contributed by atoms with Crippen molar-refractivity contribution in [1.29, 1.82) is 0 Å². The van der Waals surface area contributed by atoms with Crippen molar-refractivity contribution in [2.75, 3.05) is 17.6 Å². The van der Waals surface area contributed by atoms with Gasteiger partial charge in [0.05, 0.1) is 11.4 Å². The number of anilines is 1. The summed E-state index contributed by atoms with van der Waals surface area (Å²) in [7, 11) is 0. The standard InChI is InChI=1S/C14H19F3N2OS/c1-10(8-18)6-7-13(20)19-11-4-2-3-5-12(11)21-9-14(15,16)17/h2-5,10H,6-9,18H2,1H3,(H,19,20). The van der Waals surface area contributed by atoms with Crippen LogP contribution < -0.4 is 11.1 Å². The summed E-state index contributed by atoms with van der Waals surface area (Å²) in [6, 6.07) is 6.48. The number of carbonyl (C=O) groups excluding carboxylic acids is 1. The van der Waals surface area contributed by atoms with Gasteiger partial charge >= 0.3 is 6.18 Å². The molecule has 3 N–H and O–H groups in total. The zero-order valence-electron chi connectivity index (χ0n) is 11.7. The Labute approximate surface area is 126 Å². The van der Waals surface area contributed by atoms with Gasteiger partial charge in [-0.25, -0.2) is 0 Å². The minimum Gasteiger partial charge on any atom is -0.330 e. The van der Waals surface area contributed by atoms with Crippen molar-refractivity contribution in [3.8, 4) is 0 Å². The Hall–Kier alpha value is -1.21. The summed E-state index contributed by atoms with van der Waals surface area (Å²) in [4.78, 5) is 12.2. The Morgan fingerprint density at radius 2 is 2.05 bits per heavy atom. The Kier molecular flexibility index (Phi) is 7.04. The SMILES string of the molecule is CC(CN)CCC(=O)Nc1ccccc1SCC(F)(F)F. The molecule has 0 bridgehead atoms. The van der Waals surface area contributed by atoms with E-state index < -0.39 is 11.9 Å². The molecule has 21 heavy (non-hydrogen) atoms. The van der Waals surface area contributed by atoms with Crippen molar-refractivity contribution >= 4 is 23.4 Å². The summed E-state index contributed by atoms with van der Waals surface area (Å²) < 4.78 is 36.8. The number of carbonyl (C=O) groups is 1. The third kappa shape index (κ3) is 7.38. The topological polar surface area (TPSA) is 55.1 Å². The largest absolute Gasteiger partial charge is 0.398 e. The van der Waals surface area contributed by atoms with E-state index in [0.29, 0.717) is 41.7 Å². The fourth-order valence-corrected chi connectivity index (χ4v) is 2.33. The molecule has 0 heterocycles. The molecule has 0 aliphatic heterocycles. The normalized spacial score (nSPS) is 13.0. The zero-order valence-corrected chi connectivity index (χ0v) is 12.6. The van der Waals surface area contributed by atoms with Crippen molar-refractivity contribution in [3.05, 3.63) is 24.3 Å². The van der Waals surface area contributed by atoms with Gasteiger partial charge in [-0.2, -0.15) is 13.2 Å². The molecule has 1 unspecified atom stereocenters. The Balaban J connectivity index is 2.60. The summed E-state index contributed by atoms with van der Waals surface area (Å²) in [5.41, 5.74) is 5.89. The first kappa shape index (κ1) is 17.8. The van der Waals surface area contributed by atoms with Crippen LogP contribution in [0.3, 0.4) is 0 Å². The summed E-state index contributed by atoms with van der Waals surface area (Å²) in [6.07, 6.45) is -3.28. The van der Waals surface area contributed by atoms with Gasteiger partial charge in [0, 0.05) is 11.3 Å². The lowest BCUT2D eigenvalue weighted by Gasteiger charge is -2.13. The van der Waals surface area contributed by atoms with Gasteiger partial charge in [-0.05, 0) is 31.0 Å². The third-order valence-electron chi connectivity index (χ3n) is 2.82. The first-order valence-electron chi connectivity index (χ1n) is 6.60. The molecular formula is C14H19F3N2OS. The predicted molar refractivity (Wildman–Crippen MR) is 79.3 cm³/mol. The van der Waals surface area contributed by atoms with Crippen LogP contribution in [0.5, 0.6) is 0 Å². The fraction of sp³-hybridized carbons (Fsp3) is 0.500. The van der Waals surface area contributed by atoms with Gasteiger partial charge in [0.25, 0.3) is 0 Å². The smallest absolute Gasteiger partial charge is 0.330 e. The first-order valence-corrected chi connectivity index (χ1v) is 7.59. The number of nitrogens with one attached hydrogen (secondary N) is 1. The molecule has 0 aliphatic carbocycles. The van der Waals surface area contributed by atoms with Crippen LogP contribution in [-0.4, -0.2) is 24.4 Å². The summed E-state index contributed by atoms with van der Waals surface area (Å²) in [5.74, 6) is -0.953. The van der Waals surface area contributed by atoms with Gasteiger partial charge in [0.15, 0.2) is 0 Å². The minimum absolute atomic E-state index is 0.213. The van der Waals surface area contributed by atoms with Crippen LogP contribution >= 0.6 is 11.8 Å². The monoisotopic (exact) mass is 320 g/mol. The highest BCUT2D eigenvalue weighted by molar-refractivity contribution is 7.99. The molecule has 1 aromatic rings. The van der Waals surface area contributed by atoms with E-state index >= 15 is 0 Å². The third-order valence-corrected chi connectivity index (χ3v) is 3.96. The molecule has 0 aromatic heterocycles. The number of alkyl halides is 3. The van der Waals surface area contributed by atoms with E-state index in [-0.39, 0.29) is 11.8 Å². The fourth-order valence-electron chi connectivity index (χ4n) is 1.56. The molecule has 7 heteroatoms. The van der Waals surface area contributed by atoms with Gasteiger partial charge < -0.3 is 11.1 Å². The number of para-hydroxylation sites is 1. The van der Waals surface area contributed by atoms with Crippen molar-refractivity contribution in [1.82, 2.24) is 0 Å². The van der Waals surface area contributed by atoms with E-state index in [1.165, 1.54) is 0 Å². The lowest BCUT2D eigenvalue weighted by atomic mass is 10.1. The average molecular weight is 320 g/mol. The van der Waals surface area contributed by atoms with E-state index in [2.05, 4.69) is 5.32 Å². The lowest BCUT2D eigenvalue weighted by Crippen LogP contribution is -2.17. The second-order valence-corrected chi connectivity index (χ2v) is 5.84. The highest BCUT2D eigenvalue weighted by Crippen LogP contribution is 2.32. The highest BCUT2D eigenvalue weighted by atomic mass is 32.2. The molecule has 0 saturated carbocycles. The number of benzene rings is 1. The van der Waals surface area contributed by atoms with E-state index in [9.17, 15) is 18.0 Å². The van der Waals surface area contributed by atoms with Crippen LogP contribution in [0.4, 0.5) is 18.9 Å². The van der Waals surface area contributed by atoms with Crippen molar-refractivity contribution in [2.45, 2.75) is 30.8 Å². The number of thioether (sulfide) groups is 1. The molecule has 0 saturated heterocycles. The number of amides is 1. The van der Waals surface area contributed by atoms with Gasteiger partial charge in [0.1, 0.15) is 0 Å². The molecular weight excluding hydrogens is 301 g/mol. The summed E-state index contributed by atoms with van der Waals surface area (Å²) in [5, 5.41) is 2.66. The number of halogens is 3. The number of rotatable bonds is 7. The molecule has 0 fully saturated rings. The first-order chi connectivity index (χ1) is 9.81. The average Bonchev–Trinajstić information content (AvgIpc) is 2.43. The Morgan fingerprint density at radius 1 is 1.38 bits per heavy atom. The molecule has 1 amide bonds. The second-order valence-electron chi connectivity index (χ2n) is 4.83. The molecule has 118 valence electrons. The van der Waals surface area contributed by atoms with Crippen LogP contribution in [0.1, 0.15) is 19.8 Å². The number of nitrogens with two attached hydrogens (primary N) is 1. The summed E-state index contributed by atoms with van der Waals surface area (Å²) in [6.45, 7) is 2.45. The number of hydrogen-bond acceptors (Lipinski definition) is 3. The van der Waals surface area contributed by atoms with Crippen molar-refractivity contribution in [2.24, 2.45) is 11.7 Å². The van der Waals surface area contributed by atoms with Crippen LogP contribution in [0, 0.1) is 5.92 Å². The van der Waals surface area contributed by atoms with Crippen molar-refractivity contribution in [3.63, 3.8) is 0 Å². The van der Waals surface area contributed by atoms with E-state index in [4.69, 9.17) is 5.73 Å². The van der Waals surface area contributed by atoms with E-state index in [0.717, 1.165) is 0 Å². The maximum absolute atomic E-state index is 12.3. The van der Waals surface area contributed by atoms with Crippen LogP contribution in [-0.2, 0) is 4.79 Å². The maximum Gasteiger partial charge on any atom is 0.398 e. The Morgan fingerprint density at radius 3 is 2.67 bits per heavy atom. The van der Waals surface area contributed by atoms with Gasteiger partial charge in [-0.3, -0.25) is 4.79 Å². The highest BCUT2D eigenvalue weighted by Gasteiger charge is 2.27. The summed E-state index contributed by atoms with van der Waals surface area (Å²) >= 11 is 0.665. The molecule has 0 aliphatic rings. The Bertz CT molecular complexity index is 466. The van der Waals surface area contributed by atoms with Gasteiger partial charge in [0.2, 0.25) is 5.91 Å². The molecule has 3 nitrogen and oxygen atoms in total. The predicted octanol–water partition coefficient (Wildman–Crippen LogP) is 3.65. The van der Waals surface area contributed by atoms with E-state index in [1.54, 1.807) is 24.3 Å². The molecule has 1 aromatic carbocycles. The number of hydrogen-bond donors (Lipinski definition) is 2. The van der Waals surface area contributed by atoms with Crippen molar-refractivity contribution < 1.29 is 18.0 Å². The maximum atomic E-state index is 12.3. The molecule has 0 radical (unpaired) electrons. The van der Waals surface area contributed by atoms with Gasteiger partial charge in [-0.15, -0.1) is 11.8 Å². The zero-order chi connectivity index (χ0) is 15.9. The lowest BCUT2D eigenvalue weighted by molar-refractivity contribution is -0.116. The minimum atomic E-state index is -4.24. The van der Waals surface area contributed by atoms with Crippen LogP contribution in [0.25, 0.3) is 0 Å². The molecule has 1 rings (SSSR count). The second kappa shape index (κ2) is 8.29. The molecule has 1 atom stereocenters. The van der Waals surface area contributed by atoms with Crippen LogP contribution in [0.15, 0.2) is 29.2 Å². The van der Waals surface area contributed by atoms with E-state index in [1.807, 2.05) is 6.92 Å². The van der Waals surface area contributed by atoms with Gasteiger partial charge in [-0.1, -0.05) is 19.1 Å². The van der Waals surface area contributed by atoms with Crippen LogP contribution in [0.2, 0.25) is 0 Å². The molecule has 0 spiro atoms.